The van der Waals surface area contributed by atoms with E-state index in [9.17, 15) is 14.4 Å². The van der Waals surface area contributed by atoms with Gasteiger partial charge < -0.3 is 20.9 Å². The van der Waals surface area contributed by atoms with Crippen LogP contribution in [-0.4, -0.2) is 36.0 Å². The van der Waals surface area contributed by atoms with E-state index in [-0.39, 0.29) is 18.4 Å². The van der Waals surface area contributed by atoms with Crippen LogP contribution in [0.15, 0.2) is 18.2 Å². The lowest BCUT2D eigenvalue weighted by molar-refractivity contribution is -0.139. The molecule has 1 atom stereocenters. The zero-order valence-electron chi connectivity index (χ0n) is 11.9. The summed E-state index contributed by atoms with van der Waals surface area (Å²) in [6.07, 6.45) is -0.188. The van der Waals surface area contributed by atoms with Gasteiger partial charge in [0.15, 0.2) is 0 Å². The number of hydrogen-bond acceptors (Lipinski definition) is 4. The maximum atomic E-state index is 12.2. The number of methoxy groups -OCH3 is 1. The molecule has 0 saturated heterocycles. The Kier molecular flexibility index (Phi) is 5.71. The van der Waals surface area contributed by atoms with E-state index in [0.29, 0.717) is 5.75 Å². The minimum absolute atomic E-state index is 0.0649. The number of hydrogen-bond donors (Lipinski definition) is 3. The third-order valence-electron chi connectivity index (χ3n) is 2.88. The van der Waals surface area contributed by atoms with Gasteiger partial charge in [0.25, 0.3) is 5.91 Å². The zero-order valence-corrected chi connectivity index (χ0v) is 11.9. The van der Waals surface area contributed by atoms with Crippen molar-refractivity contribution in [1.29, 1.82) is 0 Å². The average molecular weight is 294 g/mol. The normalized spacial score (nSPS) is 11.5. The molecule has 1 aromatic rings. The summed E-state index contributed by atoms with van der Waals surface area (Å²) < 4.78 is 5.08. The molecule has 0 aromatic heterocycles. The topological polar surface area (TPSA) is 119 Å². The molecule has 7 heteroatoms. The summed E-state index contributed by atoms with van der Waals surface area (Å²) in [4.78, 5) is 34.0. The maximum absolute atomic E-state index is 12.2. The molecule has 0 heterocycles. The predicted molar refractivity (Wildman–Crippen MR) is 75.0 cm³/mol. The Labute approximate surface area is 122 Å². The monoisotopic (exact) mass is 294 g/mol. The van der Waals surface area contributed by atoms with Gasteiger partial charge in [-0.1, -0.05) is 11.6 Å². The first-order valence-corrected chi connectivity index (χ1v) is 6.31. The van der Waals surface area contributed by atoms with Crippen LogP contribution in [0.2, 0.25) is 0 Å². The molecule has 114 valence electrons. The molecule has 0 saturated carbocycles. The summed E-state index contributed by atoms with van der Waals surface area (Å²) >= 11 is 0. The summed E-state index contributed by atoms with van der Waals surface area (Å²) in [5.74, 6) is -2.08. The van der Waals surface area contributed by atoms with Gasteiger partial charge in [-0.15, -0.1) is 0 Å². The highest BCUT2D eigenvalue weighted by atomic mass is 16.5. The quantitative estimate of drug-likeness (QED) is 0.674. The van der Waals surface area contributed by atoms with Gasteiger partial charge in [0.05, 0.1) is 12.7 Å². The second-order valence-electron chi connectivity index (χ2n) is 4.57. The lowest BCUT2D eigenvalue weighted by Gasteiger charge is -2.15. The van der Waals surface area contributed by atoms with E-state index in [1.54, 1.807) is 25.1 Å². The molecule has 0 aliphatic rings. The number of amides is 2. The van der Waals surface area contributed by atoms with Crippen molar-refractivity contribution >= 4 is 17.8 Å². The first-order valence-electron chi connectivity index (χ1n) is 6.31. The Morgan fingerprint density at radius 3 is 2.57 bits per heavy atom. The van der Waals surface area contributed by atoms with E-state index in [2.05, 4.69) is 5.32 Å². The Morgan fingerprint density at radius 1 is 1.38 bits per heavy atom. The van der Waals surface area contributed by atoms with Gasteiger partial charge in [-0.25, -0.2) is 4.79 Å². The number of carboxylic acid groups (broad SMARTS) is 1. The molecule has 7 nitrogen and oxygen atoms in total. The molecule has 1 aromatic carbocycles. The third kappa shape index (κ3) is 4.79. The number of carbonyl (C=O) groups is 3. The molecule has 0 radical (unpaired) electrons. The number of rotatable bonds is 7. The highest BCUT2D eigenvalue weighted by molar-refractivity contribution is 5.99. The van der Waals surface area contributed by atoms with Crippen molar-refractivity contribution < 1.29 is 24.2 Å². The zero-order chi connectivity index (χ0) is 16.0. The highest BCUT2D eigenvalue weighted by Crippen LogP contribution is 2.19. The number of ether oxygens (including phenoxy) is 1. The van der Waals surface area contributed by atoms with Crippen molar-refractivity contribution in [3.63, 3.8) is 0 Å². The summed E-state index contributed by atoms with van der Waals surface area (Å²) in [5.41, 5.74) is 6.06. The van der Waals surface area contributed by atoms with Crippen molar-refractivity contribution in [3.05, 3.63) is 29.3 Å². The number of aryl methyl sites for hydroxylation is 1. The molecular formula is C14H18N2O5. The first kappa shape index (κ1) is 16.5. The minimum Gasteiger partial charge on any atom is -0.496 e. The van der Waals surface area contributed by atoms with Gasteiger partial charge >= 0.3 is 5.97 Å². The third-order valence-corrected chi connectivity index (χ3v) is 2.88. The molecule has 0 fully saturated rings. The Bertz CT molecular complexity index is 556. The van der Waals surface area contributed by atoms with Gasteiger partial charge in [-0.05, 0) is 25.5 Å². The lowest BCUT2D eigenvalue weighted by atomic mass is 10.1. The summed E-state index contributed by atoms with van der Waals surface area (Å²) in [5, 5.41) is 11.4. The molecule has 0 unspecified atom stereocenters. The van der Waals surface area contributed by atoms with Gasteiger partial charge in [0, 0.05) is 6.42 Å². The van der Waals surface area contributed by atoms with Crippen LogP contribution >= 0.6 is 0 Å². The van der Waals surface area contributed by atoms with Crippen molar-refractivity contribution in [2.24, 2.45) is 5.73 Å². The second-order valence-corrected chi connectivity index (χ2v) is 4.57. The summed E-state index contributed by atoms with van der Waals surface area (Å²) in [6, 6.07) is 3.82. The SMILES string of the molecule is COc1ccc(C)cc1C(=O)N[C@@H](CCC(N)=O)C(=O)O. The minimum atomic E-state index is -1.23. The van der Waals surface area contributed by atoms with E-state index in [0.717, 1.165) is 5.56 Å². The van der Waals surface area contributed by atoms with Crippen LogP contribution in [0.4, 0.5) is 0 Å². The Balaban J connectivity index is 2.89. The number of aliphatic carboxylic acids is 1. The van der Waals surface area contributed by atoms with Crippen molar-refractivity contribution in [2.75, 3.05) is 7.11 Å². The fourth-order valence-electron chi connectivity index (χ4n) is 1.78. The van der Waals surface area contributed by atoms with Crippen LogP contribution in [0.5, 0.6) is 5.75 Å². The molecular weight excluding hydrogens is 276 g/mol. The lowest BCUT2D eigenvalue weighted by Crippen LogP contribution is -2.41. The average Bonchev–Trinajstić information content (AvgIpc) is 2.42. The smallest absolute Gasteiger partial charge is 0.326 e. The van der Waals surface area contributed by atoms with Crippen molar-refractivity contribution in [1.82, 2.24) is 5.32 Å². The fourth-order valence-corrected chi connectivity index (χ4v) is 1.78. The van der Waals surface area contributed by atoms with Crippen LogP contribution < -0.4 is 15.8 Å². The number of carbonyl (C=O) groups excluding carboxylic acids is 2. The highest BCUT2D eigenvalue weighted by Gasteiger charge is 2.22. The molecule has 21 heavy (non-hydrogen) atoms. The van der Waals surface area contributed by atoms with Crippen molar-refractivity contribution in [2.45, 2.75) is 25.8 Å². The van der Waals surface area contributed by atoms with Crippen LogP contribution in [0.25, 0.3) is 0 Å². The molecule has 1 rings (SSSR count). The predicted octanol–water partition coefficient (Wildman–Crippen LogP) is 0.452. The Morgan fingerprint density at radius 2 is 2.05 bits per heavy atom. The summed E-state index contributed by atoms with van der Waals surface area (Å²) in [6.45, 7) is 1.80. The molecule has 0 bridgehead atoms. The number of primary amides is 1. The number of benzene rings is 1. The number of nitrogens with two attached hydrogens (primary N) is 1. The van der Waals surface area contributed by atoms with Gasteiger partial charge in [-0.2, -0.15) is 0 Å². The molecule has 0 spiro atoms. The molecule has 2 amide bonds. The van der Waals surface area contributed by atoms with Crippen LogP contribution in [0.1, 0.15) is 28.8 Å². The van der Waals surface area contributed by atoms with E-state index in [4.69, 9.17) is 15.6 Å². The standard InChI is InChI=1S/C14H18N2O5/c1-8-3-5-11(21-2)9(7-8)13(18)16-10(14(19)20)4-6-12(15)17/h3,5,7,10H,4,6H2,1-2H3,(H2,15,17)(H,16,18)(H,19,20)/t10-/m0/s1. The van der Waals surface area contributed by atoms with Crippen LogP contribution in [0, 0.1) is 6.92 Å². The first-order chi connectivity index (χ1) is 9.85. The molecule has 0 aliphatic carbocycles. The number of nitrogens with one attached hydrogen (secondary N) is 1. The largest absolute Gasteiger partial charge is 0.496 e. The molecule has 0 aliphatic heterocycles. The van der Waals surface area contributed by atoms with Gasteiger partial charge in [-0.3, -0.25) is 9.59 Å². The van der Waals surface area contributed by atoms with Crippen LogP contribution in [0.3, 0.4) is 0 Å². The molecule has 4 N–H and O–H groups in total. The Hall–Kier alpha value is -2.57. The van der Waals surface area contributed by atoms with E-state index >= 15 is 0 Å². The van der Waals surface area contributed by atoms with E-state index in [1.165, 1.54) is 7.11 Å². The second kappa shape index (κ2) is 7.28. The maximum Gasteiger partial charge on any atom is 0.326 e. The van der Waals surface area contributed by atoms with E-state index in [1.807, 2.05) is 0 Å². The summed E-state index contributed by atoms with van der Waals surface area (Å²) in [7, 11) is 1.42. The fraction of sp³-hybridized carbons (Fsp3) is 0.357. The van der Waals surface area contributed by atoms with Gasteiger partial charge in [0.1, 0.15) is 11.8 Å². The van der Waals surface area contributed by atoms with Gasteiger partial charge in [0.2, 0.25) is 5.91 Å². The van der Waals surface area contributed by atoms with Crippen LogP contribution in [-0.2, 0) is 9.59 Å². The van der Waals surface area contributed by atoms with E-state index < -0.39 is 23.8 Å². The number of carboxylic acids is 1. The van der Waals surface area contributed by atoms with Crippen molar-refractivity contribution in [3.8, 4) is 5.75 Å².